The zero-order chi connectivity index (χ0) is 16.5. The molecule has 1 atom stereocenters. The molecule has 0 saturated carbocycles. The molecule has 0 spiro atoms. The van der Waals surface area contributed by atoms with Crippen molar-refractivity contribution in [1.29, 1.82) is 0 Å². The molecule has 0 amide bonds. The van der Waals surface area contributed by atoms with Crippen molar-refractivity contribution in [2.75, 3.05) is 0 Å². The van der Waals surface area contributed by atoms with Crippen LogP contribution in [-0.2, 0) is 4.79 Å². The Labute approximate surface area is 134 Å². The number of allylic oxidation sites excluding steroid dienone is 6. The van der Waals surface area contributed by atoms with Gasteiger partial charge in [-0.1, -0.05) is 45.1 Å². The molecule has 120 valence electrons. The molecule has 0 radical (unpaired) electrons. The zero-order valence-electron chi connectivity index (χ0n) is 14.3. The maximum absolute atomic E-state index is 10.7. The molecule has 0 fully saturated rings. The van der Waals surface area contributed by atoms with E-state index in [9.17, 15) is 4.79 Å². The van der Waals surface area contributed by atoms with Crippen molar-refractivity contribution in [1.82, 2.24) is 0 Å². The fraction of sp³-hybridized carbons (Fsp3) is 0.550. The maximum atomic E-state index is 10.7. The third-order valence-corrected chi connectivity index (χ3v) is 5.37. The molecule has 0 bridgehead atoms. The lowest BCUT2D eigenvalue weighted by atomic mass is 9.72. The first-order valence-electron chi connectivity index (χ1n) is 8.16. The van der Waals surface area contributed by atoms with E-state index in [-0.39, 0.29) is 5.41 Å². The molecule has 1 N–H and O–H groups in total. The summed E-state index contributed by atoms with van der Waals surface area (Å²) in [5.74, 6) is -0.891. The predicted octanol–water partition coefficient (Wildman–Crippen LogP) is 5.44. The summed E-state index contributed by atoms with van der Waals surface area (Å²) < 4.78 is 0. The Morgan fingerprint density at radius 1 is 1.36 bits per heavy atom. The van der Waals surface area contributed by atoms with Gasteiger partial charge in [0.25, 0.3) is 0 Å². The van der Waals surface area contributed by atoms with E-state index in [2.05, 4.69) is 33.4 Å². The molecule has 2 heteroatoms. The molecular weight excluding hydrogens is 272 g/mol. The van der Waals surface area contributed by atoms with Crippen LogP contribution < -0.4 is 0 Å². The van der Waals surface area contributed by atoms with Crippen molar-refractivity contribution in [3.63, 3.8) is 0 Å². The van der Waals surface area contributed by atoms with Gasteiger partial charge < -0.3 is 5.11 Å². The summed E-state index contributed by atoms with van der Waals surface area (Å²) in [6.45, 7) is 13.2. The highest BCUT2D eigenvalue weighted by Crippen LogP contribution is 2.57. The first-order chi connectivity index (χ1) is 10.2. The minimum absolute atomic E-state index is 0.0896. The quantitative estimate of drug-likeness (QED) is 0.554. The van der Waals surface area contributed by atoms with E-state index >= 15 is 0 Å². The highest BCUT2D eigenvalue weighted by atomic mass is 16.4. The van der Waals surface area contributed by atoms with Crippen molar-refractivity contribution >= 4 is 5.97 Å². The molecule has 2 aliphatic rings. The SMILES string of the molecule is C=C1C2=C(CC1(C)C/C=C/C(C)=C/C(=O)O)C(C)(C)CCC2. The van der Waals surface area contributed by atoms with E-state index in [1.54, 1.807) is 5.57 Å². The van der Waals surface area contributed by atoms with Crippen LogP contribution in [0.15, 0.2) is 47.1 Å². The zero-order valence-corrected chi connectivity index (χ0v) is 14.3. The molecule has 0 saturated heterocycles. The van der Waals surface area contributed by atoms with E-state index in [1.807, 2.05) is 13.0 Å². The van der Waals surface area contributed by atoms with Crippen molar-refractivity contribution in [3.8, 4) is 0 Å². The smallest absolute Gasteiger partial charge is 0.328 e. The van der Waals surface area contributed by atoms with Crippen LogP contribution in [-0.4, -0.2) is 11.1 Å². The second kappa shape index (κ2) is 5.91. The van der Waals surface area contributed by atoms with Crippen LogP contribution >= 0.6 is 0 Å². The van der Waals surface area contributed by atoms with Crippen LogP contribution in [0.2, 0.25) is 0 Å². The molecule has 1 unspecified atom stereocenters. The monoisotopic (exact) mass is 300 g/mol. The molecule has 2 rings (SSSR count). The molecule has 0 aromatic carbocycles. The molecule has 2 nitrogen and oxygen atoms in total. The molecule has 0 heterocycles. The Kier molecular flexibility index (Phi) is 4.51. The molecule has 0 aromatic rings. The van der Waals surface area contributed by atoms with E-state index in [1.165, 1.54) is 36.5 Å². The van der Waals surface area contributed by atoms with Gasteiger partial charge in [-0.05, 0) is 66.6 Å². The number of hydrogen-bond donors (Lipinski definition) is 1. The maximum Gasteiger partial charge on any atom is 0.328 e. The Bertz CT molecular complexity index is 587. The highest BCUT2D eigenvalue weighted by molar-refractivity contribution is 5.81. The Hall–Kier alpha value is -1.57. The highest BCUT2D eigenvalue weighted by Gasteiger charge is 2.43. The van der Waals surface area contributed by atoms with Crippen molar-refractivity contribution in [2.45, 2.75) is 59.8 Å². The standard InChI is InChI=1S/C20H28O2/c1-14(12-18(21)22)8-6-11-20(5)13-17-16(15(20)2)9-7-10-19(17,3)4/h6,8,12H,2,7,9-11,13H2,1,3-5H3,(H,21,22)/b8-6+,14-12+. The number of carboxylic acids is 1. The number of hydrogen-bond acceptors (Lipinski definition) is 1. The lowest BCUT2D eigenvalue weighted by Crippen LogP contribution is -2.19. The van der Waals surface area contributed by atoms with Crippen LogP contribution in [0.25, 0.3) is 0 Å². The summed E-state index contributed by atoms with van der Waals surface area (Å²) in [7, 11) is 0. The van der Waals surface area contributed by atoms with Crippen molar-refractivity contribution in [3.05, 3.63) is 47.1 Å². The second-order valence-corrected chi connectivity index (χ2v) is 7.74. The fourth-order valence-corrected chi connectivity index (χ4v) is 3.90. The van der Waals surface area contributed by atoms with Crippen LogP contribution in [0.4, 0.5) is 0 Å². The van der Waals surface area contributed by atoms with Crippen molar-refractivity contribution in [2.24, 2.45) is 10.8 Å². The Morgan fingerprint density at radius 3 is 2.64 bits per heavy atom. The molecule has 2 aliphatic carbocycles. The van der Waals surface area contributed by atoms with Crippen LogP contribution in [0.5, 0.6) is 0 Å². The van der Waals surface area contributed by atoms with Gasteiger partial charge in [0.2, 0.25) is 0 Å². The van der Waals surface area contributed by atoms with Gasteiger partial charge in [-0.2, -0.15) is 0 Å². The summed E-state index contributed by atoms with van der Waals surface area (Å²) in [4.78, 5) is 10.7. The normalized spacial score (nSPS) is 28.4. The van der Waals surface area contributed by atoms with E-state index in [4.69, 9.17) is 5.11 Å². The van der Waals surface area contributed by atoms with Gasteiger partial charge in [0.05, 0.1) is 0 Å². The number of rotatable bonds is 4. The average molecular weight is 300 g/mol. The van der Waals surface area contributed by atoms with Gasteiger partial charge in [-0.3, -0.25) is 0 Å². The summed E-state index contributed by atoms with van der Waals surface area (Å²) in [6, 6.07) is 0. The summed E-state index contributed by atoms with van der Waals surface area (Å²) in [5.41, 5.74) is 5.60. The fourth-order valence-electron chi connectivity index (χ4n) is 3.90. The third kappa shape index (κ3) is 3.26. The summed E-state index contributed by atoms with van der Waals surface area (Å²) >= 11 is 0. The average Bonchev–Trinajstić information content (AvgIpc) is 2.63. The third-order valence-electron chi connectivity index (χ3n) is 5.37. The number of carbonyl (C=O) groups is 1. The van der Waals surface area contributed by atoms with E-state index in [0.717, 1.165) is 18.4 Å². The van der Waals surface area contributed by atoms with Gasteiger partial charge in [0, 0.05) is 6.08 Å². The van der Waals surface area contributed by atoms with Crippen LogP contribution in [0, 0.1) is 10.8 Å². The van der Waals surface area contributed by atoms with Gasteiger partial charge in [-0.15, -0.1) is 0 Å². The minimum Gasteiger partial charge on any atom is -0.478 e. The first-order valence-corrected chi connectivity index (χ1v) is 8.16. The molecular formula is C20H28O2. The largest absolute Gasteiger partial charge is 0.478 e. The predicted molar refractivity (Wildman–Crippen MR) is 91.7 cm³/mol. The van der Waals surface area contributed by atoms with Crippen LogP contribution in [0.3, 0.4) is 0 Å². The number of carboxylic acid groups (broad SMARTS) is 1. The second-order valence-electron chi connectivity index (χ2n) is 7.74. The molecule has 0 aromatic heterocycles. The lowest BCUT2D eigenvalue weighted by molar-refractivity contribution is -0.131. The van der Waals surface area contributed by atoms with Crippen molar-refractivity contribution < 1.29 is 9.90 Å². The summed E-state index contributed by atoms with van der Waals surface area (Å²) in [5, 5.41) is 8.75. The Balaban J connectivity index is 2.13. The van der Waals surface area contributed by atoms with Crippen LogP contribution in [0.1, 0.15) is 59.8 Å². The lowest BCUT2D eigenvalue weighted by Gasteiger charge is -2.32. The molecule has 0 aliphatic heterocycles. The first kappa shape index (κ1) is 16.8. The Morgan fingerprint density at radius 2 is 2.05 bits per heavy atom. The molecule has 22 heavy (non-hydrogen) atoms. The van der Waals surface area contributed by atoms with Gasteiger partial charge in [0.15, 0.2) is 0 Å². The summed E-state index contributed by atoms with van der Waals surface area (Å²) in [6.07, 6.45) is 11.0. The van der Waals surface area contributed by atoms with Gasteiger partial charge >= 0.3 is 5.97 Å². The van der Waals surface area contributed by atoms with Gasteiger partial charge in [-0.25, -0.2) is 4.79 Å². The minimum atomic E-state index is -0.891. The van der Waals surface area contributed by atoms with E-state index < -0.39 is 5.97 Å². The number of aliphatic carboxylic acids is 1. The van der Waals surface area contributed by atoms with Gasteiger partial charge in [0.1, 0.15) is 0 Å². The topological polar surface area (TPSA) is 37.3 Å². The van der Waals surface area contributed by atoms with E-state index in [0.29, 0.717) is 5.41 Å².